The van der Waals surface area contributed by atoms with Gasteiger partial charge in [0.15, 0.2) is 0 Å². The molecule has 0 atom stereocenters. The first-order chi connectivity index (χ1) is 13.9. The molecule has 0 spiro atoms. The maximum atomic E-state index is 13.3. The molecule has 3 aromatic carbocycles. The summed E-state index contributed by atoms with van der Waals surface area (Å²) in [7, 11) is -4.03. The third-order valence-electron chi connectivity index (χ3n) is 5.00. The molecule has 1 aliphatic rings. The summed E-state index contributed by atoms with van der Waals surface area (Å²) in [6.45, 7) is 2.03. The number of fused-ring (bicyclic) bond motifs is 1. The summed E-state index contributed by atoms with van der Waals surface area (Å²) >= 11 is 0. The zero-order chi connectivity index (χ0) is 20.6. The van der Waals surface area contributed by atoms with Crippen molar-refractivity contribution in [2.75, 3.05) is 4.90 Å². The third kappa shape index (κ3) is 3.49. The van der Waals surface area contributed by atoms with E-state index >= 15 is 0 Å². The number of carbonyl (C=O) groups excluding carboxylic acids is 1. The summed E-state index contributed by atoms with van der Waals surface area (Å²) in [6, 6.07) is 19.0. The van der Waals surface area contributed by atoms with Crippen LogP contribution in [0, 0.1) is 12.7 Å². The predicted molar refractivity (Wildman–Crippen MR) is 108 cm³/mol. The molecule has 2 amide bonds. The van der Waals surface area contributed by atoms with E-state index in [1.54, 1.807) is 18.2 Å². The van der Waals surface area contributed by atoms with E-state index < -0.39 is 21.9 Å². The van der Waals surface area contributed by atoms with Crippen molar-refractivity contribution in [2.45, 2.75) is 24.9 Å². The Morgan fingerprint density at radius 1 is 0.862 bits per heavy atom. The molecule has 148 valence electrons. The molecule has 5 nitrogen and oxygen atoms in total. The average molecular weight is 410 g/mol. The van der Waals surface area contributed by atoms with Crippen LogP contribution in [0.1, 0.15) is 16.7 Å². The highest BCUT2D eigenvalue weighted by molar-refractivity contribution is 7.90. The normalized spacial score (nSPS) is 15.3. The van der Waals surface area contributed by atoms with Gasteiger partial charge in [0.05, 0.1) is 18.8 Å². The molecule has 7 heteroatoms. The molecule has 0 bridgehead atoms. The zero-order valence-corrected chi connectivity index (χ0v) is 16.6. The number of nitrogens with zero attached hydrogens (tertiary/aromatic N) is 2. The molecule has 0 unspecified atom stereocenters. The largest absolute Gasteiger partial charge is 0.339 e. The van der Waals surface area contributed by atoms with E-state index in [4.69, 9.17) is 0 Å². The second-order valence-electron chi connectivity index (χ2n) is 6.90. The van der Waals surface area contributed by atoms with Gasteiger partial charge in [-0.25, -0.2) is 21.9 Å². The molecule has 4 rings (SSSR count). The van der Waals surface area contributed by atoms with Gasteiger partial charge in [0.1, 0.15) is 10.7 Å². The Kier molecular flexibility index (Phi) is 4.84. The van der Waals surface area contributed by atoms with Gasteiger partial charge in [-0.05, 0) is 47.9 Å². The number of halogens is 1. The Hall–Kier alpha value is -3.19. The molecule has 0 N–H and O–H groups in total. The fourth-order valence-corrected chi connectivity index (χ4v) is 4.93. The van der Waals surface area contributed by atoms with Crippen LogP contribution < -0.4 is 4.90 Å². The van der Waals surface area contributed by atoms with Gasteiger partial charge in [-0.2, -0.15) is 0 Å². The number of hydrogen-bond acceptors (Lipinski definition) is 3. The topological polar surface area (TPSA) is 57.7 Å². The molecule has 0 aromatic heterocycles. The quantitative estimate of drug-likeness (QED) is 0.638. The molecule has 1 heterocycles. The second-order valence-corrected chi connectivity index (χ2v) is 8.73. The first-order valence-electron chi connectivity index (χ1n) is 9.10. The van der Waals surface area contributed by atoms with Crippen LogP contribution in [0.5, 0.6) is 0 Å². The number of aryl methyl sites for hydroxylation is 1. The standard InChI is InChI=1S/C22H19FN2O3S/c1-16-6-2-3-7-18(16)15-24-20-8-4-5-9-21(20)29(27,28)25(22(24)26)14-17-10-12-19(23)13-11-17/h2-13H,14-15H2,1H3. The molecule has 1 aliphatic heterocycles. The summed E-state index contributed by atoms with van der Waals surface area (Å²) in [5, 5.41) is 0. The van der Waals surface area contributed by atoms with Crippen LogP contribution in [0.15, 0.2) is 77.7 Å². The molecule has 0 saturated heterocycles. The lowest BCUT2D eigenvalue weighted by Gasteiger charge is -2.36. The number of amides is 2. The van der Waals surface area contributed by atoms with E-state index in [2.05, 4.69) is 0 Å². The minimum absolute atomic E-state index is 0.0790. The third-order valence-corrected chi connectivity index (χ3v) is 6.76. The van der Waals surface area contributed by atoms with Crippen LogP contribution in [0.4, 0.5) is 14.9 Å². The SMILES string of the molecule is Cc1ccccc1CN1C(=O)N(Cc2ccc(F)cc2)S(=O)(=O)c2ccccc21. The van der Waals surface area contributed by atoms with Crippen molar-refractivity contribution in [2.24, 2.45) is 0 Å². The molecular weight excluding hydrogens is 391 g/mol. The van der Waals surface area contributed by atoms with Crippen LogP contribution in [0.3, 0.4) is 0 Å². The van der Waals surface area contributed by atoms with E-state index in [0.717, 1.165) is 15.4 Å². The smallest absolute Gasteiger partial charge is 0.288 e. The summed E-state index contributed by atoms with van der Waals surface area (Å²) < 4.78 is 40.4. The van der Waals surface area contributed by atoms with Crippen LogP contribution in [0.25, 0.3) is 0 Å². The van der Waals surface area contributed by atoms with Crippen molar-refractivity contribution in [3.63, 3.8) is 0 Å². The van der Waals surface area contributed by atoms with Gasteiger partial charge in [-0.1, -0.05) is 48.5 Å². The van der Waals surface area contributed by atoms with E-state index in [0.29, 0.717) is 11.3 Å². The van der Waals surface area contributed by atoms with Gasteiger partial charge in [0.2, 0.25) is 0 Å². The summed E-state index contributed by atoms with van der Waals surface area (Å²) in [5.41, 5.74) is 2.82. The number of carbonyl (C=O) groups is 1. The minimum atomic E-state index is -4.03. The number of benzene rings is 3. The highest BCUT2D eigenvalue weighted by Gasteiger charge is 2.41. The minimum Gasteiger partial charge on any atom is -0.288 e. The molecule has 29 heavy (non-hydrogen) atoms. The van der Waals surface area contributed by atoms with Crippen LogP contribution >= 0.6 is 0 Å². The lowest BCUT2D eigenvalue weighted by molar-refractivity contribution is 0.226. The van der Waals surface area contributed by atoms with Gasteiger partial charge in [0.25, 0.3) is 10.0 Å². The highest BCUT2D eigenvalue weighted by atomic mass is 32.2. The van der Waals surface area contributed by atoms with Crippen molar-refractivity contribution < 1.29 is 17.6 Å². The van der Waals surface area contributed by atoms with Crippen molar-refractivity contribution >= 4 is 21.7 Å². The van der Waals surface area contributed by atoms with E-state index in [1.165, 1.54) is 35.2 Å². The molecule has 0 radical (unpaired) electrons. The van der Waals surface area contributed by atoms with Gasteiger partial charge in [-0.3, -0.25) is 4.90 Å². The Morgan fingerprint density at radius 3 is 2.24 bits per heavy atom. The number of hydrogen-bond donors (Lipinski definition) is 0. The number of anilines is 1. The first-order valence-corrected chi connectivity index (χ1v) is 10.5. The first kappa shape index (κ1) is 19.1. The Morgan fingerprint density at radius 2 is 1.52 bits per heavy atom. The Bertz CT molecular complexity index is 1180. The maximum absolute atomic E-state index is 13.3. The monoisotopic (exact) mass is 410 g/mol. The highest BCUT2D eigenvalue weighted by Crippen LogP contribution is 2.36. The number of rotatable bonds is 4. The van der Waals surface area contributed by atoms with Gasteiger partial charge in [0, 0.05) is 0 Å². The molecule has 0 fully saturated rings. The van der Waals surface area contributed by atoms with Crippen LogP contribution in [-0.2, 0) is 23.1 Å². The van der Waals surface area contributed by atoms with Crippen LogP contribution in [-0.4, -0.2) is 18.8 Å². The molecule has 0 saturated carbocycles. The molecular formula is C22H19FN2O3S. The molecule has 0 aliphatic carbocycles. The zero-order valence-electron chi connectivity index (χ0n) is 15.7. The van der Waals surface area contributed by atoms with E-state index in [1.807, 2.05) is 31.2 Å². The lowest BCUT2D eigenvalue weighted by atomic mass is 10.1. The molecule has 3 aromatic rings. The van der Waals surface area contributed by atoms with Crippen molar-refractivity contribution in [3.8, 4) is 0 Å². The number of para-hydroxylation sites is 1. The second kappa shape index (κ2) is 7.33. The van der Waals surface area contributed by atoms with E-state index in [-0.39, 0.29) is 18.0 Å². The van der Waals surface area contributed by atoms with Crippen molar-refractivity contribution in [3.05, 3.63) is 95.3 Å². The summed E-state index contributed by atoms with van der Waals surface area (Å²) in [4.78, 5) is 14.8. The average Bonchev–Trinajstić information content (AvgIpc) is 2.71. The fourth-order valence-electron chi connectivity index (χ4n) is 3.38. The summed E-state index contributed by atoms with van der Waals surface area (Å²) in [5.74, 6) is -0.423. The fraction of sp³-hybridized carbons (Fsp3) is 0.136. The van der Waals surface area contributed by atoms with Gasteiger partial charge in [-0.15, -0.1) is 0 Å². The van der Waals surface area contributed by atoms with Crippen molar-refractivity contribution in [1.29, 1.82) is 0 Å². The van der Waals surface area contributed by atoms with Crippen LogP contribution in [0.2, 0.25) is 0 Å². The van der Waals surface area contributed by atoms with Gasteiger partial charge < -0.3 is 0 Å². The summed E-state index contributed by atoms with van der Waals surface area (Å²) in [6.07, 6.45) is 0. The van der Waals surface area contributed by atoms with E-state index in [9.17, 15) is 17.6 Å². The van der Waals surface area contributed by atoms with Gasteiger partial charge >= 0.3 is 6.03 Å². The lowest BCUT2D eigenvalue weighted by Crippen LogP contribution is -2.50. The van der Waals surface area contributed by atoms with Crippen molar-refractivity contribution in [1.82, 2.24) is 4.31 Å². The Balaban J connectivity index is 1.78. The Labute approximate surface area is 169 Å². The number of sulfonamides is 1. The predicted octanol–water partition coefficient (Wildman–Crippen LogP) is 4.47. The number of urea groups is 1. The maximum Gasteiger partial charge on any atom is 0.339 e.